The maximum atomic E-state index is 12.4. The van der Waals surface area contributed by atoms with Crippen LogP contribution in [-0.2, 0) is 4.79 Å². The Bertz CT molecular complexity index is 424. The zero-order valence-electron chi connectivity index (χ0n) is 12.3. The Labute approximate surface area is 116 Å². The SMILES string of the molecule is CC12CCC(C1)C(C)(C)C2NC(=O)C1C=CC(N)C1. The van der Waals surface area contributed by atoms with Gasteiger partial charge in [0.25, 0.3) is 0 Å². The third-order valence-electron chi connectivity index (χ3n) is 6.01. The fourth-order valence-electron chi connectivity index (χ4n) is 4.83. The first-order valence-corrected chi connectivity index (χ1v) is 7.57. The van der Waals surface area contributed by atoms with Gasteiger partial charge < -0.3 is 11.1 Å². The van der Waals surface area contributed by atoms with E-state index in [2.05, 4.69) is 26.1 Å². The number of fused-ring (bicyclic) bond motifs is 2. The second-order valence-corrected chi connectivity index (χ2v) is 7.75. The van der Waals surface area contributed by atoms with Crippen LogP contribution in [0.15, 0.2) is 12.2 Å². The van der Waals surface area contributed by atoms with Crippen LogP contribution in [0.5, 0.6) is 0 Å². The summed E-state index contributed by atoms with van der Waals surface area (Å²) in [5, 5.41) is 3.36. The Morgan fingerprint density at radius 2 is 2.05 bits per heavy atom. The van der Waals surface area contributed by atoms with Crippen LogP contribution >= 0.6 is 0 Å². The van der Waals surface area contributed by atoms with Gasteiger partial charge in [-0.1, -0.05) is 32.9 Å². The monoisotopic (exact) mass is 262 g/mol. The molecule has 0 saturated heterocycles. The van der Waals surface area contributed by atoms with E-state index in [1.54, 1.807) is 0 Å². The lowest BCUT2D eigenvalue weighted by atomic mass is 9.68. The lowest BCUT2D eigenvalue weighted by Crippen LogP contribution is -2.53. The molecule has 2 bridgehead atoms. The van der Waals surface area contributed by atoms with Gasteiger partial charge in [-0.15, -0.1) is 0 Å². The van der Waals surface area contributed by atoms with Gasteiger partial charge in [0, 0.05) is 12.1 Å². The van der Waals surface area contributed by atoms with E-state index in [4.69, 9.17) is 5.73 Å². The normalized spacial score (nSPS) is 46.7. The van der Waals surface area contributed by atoms with E-state index in [1.807, 2.05) is 12.2 Å². The summed E-state index contributed by atoms with van der Waals surface area (Å²) in [6.45, 7) is 7.00. The molecule has 0 radical (unpaired) electrons. The van der Waals surface area contributed by atoms with Crippen molar-refractivity contribution in [2.75, 3.05) is 0 Å². The molecular formula is C16H26N2O. The second-order valence-electron chi connectivity index (χ2n) is 7.75. The highest BCUT2D eigenvalue weighted by molar-refractivity contribution is 5.81. The first-order valence-electron chi connectivity index (χ1n) is 7.57. The molecule has 106 valence electrons. The molecule has 0 aromatic rings. The van der Waals surface area contributed by atoms with E-state index in [-0.39, 0.29) is 23.3 Å². The number of hydrogen-bond donors (Lipinski definition) is 2. The number of carbonyl (C=O) groups is 1. The number of rotatable bonds is 2. The number of carbonyl (C=O) groups excluding carboxylic acids is 1. The Balaban J connectivity index is 1.73. The Morgan fingerprint density at radius 3 is 2.58 bits per heavy atom. The highest BCUT2D eigenvalue weighted by Gasteiger charge is 2.59. The van der Waals surface area contributed by atoms with Crippen molar-refractivity contribution in [3.63, 3.8) is 0 Å². The van der Waals surface area contributed by atoms with Crippen molar-refractivity contribution < 1.29 is 4.79 Å². The third-order valence-corrected chi connectivity index (χ3v) is 6.01. The number of nitrogens with one attached hydrogen (secondary N) is 1. The van der Waals surface area contributed by atoms with E-state index in [1.165, 1.54) is 19.3 Å². The highest BCUT2D eigenvalue weighted by Crippen LogP contribution is 2.62. The summed E-state index contributed by atoms with van der Waals surface area (Å²) < 4.78 is 0. The molecule has 1 amide bonds. The molecule has 3 heteroatoms. The molecule has 0 aromatic heterocycles. The Hall–Kier alpha value is -0.830. The van der Waals surface area contributed by atoms with E-state index in [9.17, 15) is 4.79 Å². The average molecular weight is 262 g/mol. The largest absolute Gasteiger partial charge is 0.352 e. The first kappa shape index (κ1) is 13.2. The molecular weight excluding hydrogens is 236 g/mol. The molecule has 0 heterocycles. The molecule has 0 aliphatic heterocycles. The molecule has 2 fully saturated rings. The third kappa shape index (κ3) is 1.94. The maximum absolute atomic E-state index is 12.4. The van der Waals surface area contributed by atoms with Crippen molar-refractivity contribution in [2.45, 2.75) is 58.5 Å². The van der Waals surface area contributed by atoms with Gasteiger partial charge in [0.2, 0.25) is 5.91 Å². The van der Waals surface area contributed by atoms with Crippen LogP contribution in [0.25, 0.3) is 0 Å². The predicted octanol–water partition coefficient (Wildman–Crippen LogP) is 2.22. The van der Waals surface area contributed by atoms with Crippen LogP contribution in [0.2, 0.25) is 0 Å². The molecule has 2 saturated carbocycles. The van der Waals surface area contributed by atoms with E-state index in [0.717, 1.165) is 12.3 Å². The number of amides is 1. The minimum absolute atomic E-state index is 0.0199. The van der Waals surface area contributed by atoms with Gasteiger partial charge in [-0.05, 0) is 42.4 Å². The van der Waals surface area contributed by atoms with Crippen LogP contribution < -0.4 is 11.1 Å². The van der Waals surface area contributed by atoms with Gasteiger partial charge in [0.15, 0.2) is 0 Å². The molecule has 5 atom stereocenters. The van der Waals surface area contributed by atoms with E-state index >= 15 is 0 Å². The standard InChI is InChI=1S/C16H26N2O/c1-15(2)11-6-7-16(3,9-11)14(15)18-13(19)10-4-5-12(17)8-10/h4-5,10-12,14H,6-9,17H2,1-3H3,(H,18,19). The zero-order chi connectivity index (χ0) is 13.8. The predicted molar refractivity (Wildman–Crippen MR) is 76.4 cm³/mol. The number of hydrogen-bond acceptors (Lipinski definition) is 2. The van der Waals surface area contributed by atoms with Crippen molar-refractivity contribution in [3.05, 3.63) is 12.2 Å². The van der Waals surface area contributed by atoms with Crippen LogP contribution in [0, 0.1) is 22.7 Å². The quantitative estimate of drug-likeness (QED) is 0.750. The van der Waals surface area contributed by atoms with E-state index in [0.29, 0.717) is 11.5 Å². The average Bonchev–Trinajstić information content (AvgIpc) is 2.96. The summed E-state index contributed by atoms with van der Waals surface area (Å²) in [5.74, 6) is 0.925. The van der Waals surface area contributed by atoms with Gasteiger partial charge in [-0.25, -0.2) is 0 Å². The van der Waals surface area contributed by atoms with Crippen LogP contribution in [-0.4, -0.2) is 18.0 Å². The van der Waals surface area contributed by atoms with Gasteiger partial charge in [0.1, 0.15) is 0 Å². The smallest absolute Gasteiger partial charge is 0.227 e. The topological polar surface area (TPSA) is 55.1 Å². The Morgan fingerprint density at radius 1 is 1.32 bits per heavy atom. The summed E-state index contributed by atoms with van der Waals surface area (Å²) in [6, 6.07) is 0.371. The van der Waals surface area contributed by atoms with Gasteiger partial charge >= 0.3 is 0 Å². The Kier molecular flexibility index (Phi) is 2.83. The molecule has 5 unspecified atom stereocenters. The summed E-state index contributed by atoms with van der Waals surface area (Å²) in [7, 11) is 0. The highest BCUT2D eigenvalue weighted by atomic mass is 16.2. The lowest BCUT2D eigenvalue weighted by molar-refractivity contribution is -0.126. The molecule has 19 heavy (non-hydrogen) atoms. The molecule has 3 aliphatic carbocycles. The van der Waals surface area contributed by atoms with Crippen molar-refractivity contribution >= 4 is 5.91 Å². The molecule has 0 spiro atoms. The van der Waals surface area contributed by atoms with E-state index < -0.39 is 0 Å². The minimum Gasteiger partial charge on any atom is -0.352 e. The van der Waals surface area contributed by atoms with Gasteiger partial charge in [0.05, 0.1) is 5.92 Å². The van der Waals surface area contributed by atoms with Gasteiger partial charge in [-0.2, -0.15) is 0 Å². The first-order chi connectivity index (χ1) is 8.83. The molecule has 3 rings (SSSR count). The fraction of sp³-hybridized carbons (Fsp3) is 0.812. The van der Waals surface area contributed by atoms with Crippen LogP contribution in [0.1, 0.15) is 46.5 Å². The summed E-state index contributed by atoms with van der Waals surface area (Å²) in [5.41, 5.74) is 6.37. The molecule has 3 nitrogen and oxygen atoms in total. The number of nitrogens with two attached hydrogens (primary N) is 1. The summed E-state index contributed by atoms with van der Waals surface area (Å²) >= 11 is 0. The zero-order valence-corrected chi connectivity index (χ0v) is 12.3. The summed E-state index contributed by atoms with van der Waals surface area (Å²) in [4.78, 5) is 12.4. The van der Waals surface area contributed by atoms with Crippen molar-refractivity contribution in [1.82, 2.24) is 5.32 Å². The molecule has 3 aliphatic rings. The van der Waals surface area contributed by atoms with Crippen molar-refractivity contribution in [3.8, 4) is 0 Å². The van der Waals surface area contributed by atoms with Gasteiger partial charge in [-0.3, -0.25) is 4.79 Å². The summed E-state index contributed by atoms with van der Waals surface area (Å²) in [6.07, 6.45) is 8.54. The minimum atomic E-state index is -0.0199. The fourth-order valence-corrected chi connectivity index (χ4v) is 4.83. The van der Waals surface area contributed by atoms with Crippen LogP contribution in [0.4, 0.5) is 0 Å². The van der Waals surface area contributed by atoms with Crippen LogP contribution in [0.3, 0.4) is 0 Å². The van der Waals surface area contributed by atoms with Crippen molar-refractivity contribution in [1.29, 1.82) is 0 Å². The molecule has 3 N–H and O–H groups in total. The second kappa shape index (κ2) is 4.08. The molecule has 0 aromatic carbocycles. The van der Waals surface area contributed by atoms with Crippen molar-refractivity contribution in [2.24, 2.45) is 28.4 Å². The maximum Gasteiger partial charge on any atom is 0.227 e. The lowest BCUT2D eigenvalue weighted by Gasteiger charge is -2.43.